The lowest BCUT2D eigenvalue weighted by Crippen LogP contribution is -2.46. The molecule has 1 aliphatic rings. The molecule has 132 valence electrons. The van der Waals surface area contributed by atoms with Crippen LogP contribution < -0.4 is 14.8 Å². The third-order valence-electron chi connectivity index (χ3n) is 4.76. The molecule has 1 aliphatic carbocycles. The van der Waals surface area contributed by atoms with Crippen LogP contribution in [-0.4, -0.2) is 20.1 Å². The molecular weight excluding hydrogens is 345 g/mol. The Kier molecular flexibility index (Phi) is 4.86. The monoisotopic (exact) mass is 363 g/mol. The molecule has 0 saturated heterocycles. The van der Waals surface area contributed by atoms with E-state index < -0.39 is 5.41 Å². The highest BCUT2D eigenvalue weighted by Gasteiger charge is 2.45. The predicted octanol–water partition coefficient (Wildman–Crippen LogP) is 4.56. The van der Waals surface area contributed by atoms with Crippen LogP contribution in [-0.2, 0) is 10.2 Å². The Balaban J connectivity index is 1.92. The van der Waals surface area contributed by atoms with Crippen molar-refractivity contribution in [2.75, 3.05) is 19.5 Å². The van der Waals surface area contributed by atoms with Gasteiger partial charge in [-0.1, -0.05) is 30.2 Å². The quantitative estimate of drug-likeness (QED) is 0.847. The van der Waals surface area contributed by atoms with E-state index in [-0.39, 0.29) is 11.7 Å². The number of amides is 1. The van der Waals surface area contributed by atoms with E-state index in [0.29, 0.717) is 22.2 Å². The van der Waals surface area contributed by atoms with Crippen LogP contribution in [0.2, 0.25) is 5.02 Å². The lowest BCUT2D eigenvalue weighted by molar-refractivity contribution is -0.124. The van der Waals surface area contributed by atoms with Gasteiger partial charge in [-0.25, -0.2) is 4.39 Å². The summed E-state index contributed by atoms with van der Waals surface area (Å²) in [5, 5.41) is 3.32. The van der Waals surface area contributed by atoms with E-state index in [1.807, 2.05) is 0 Å². The number of carbonyl (C=O) groups is 1. The average Bonchev–Trinajstić information content (AvgIpc) is 2.56. The Morgan fingerprint density at radius 3 is 2.28 bits per heavy atom. The molecule has 1 saturated carbocycles. The van der Waals surface area contributed by atoms with E-state index in [0.717, 1.165) is 24.8 Å². The summed E-state index contributed by atoms with van der Waals surface area (Å²) in [4.78, 5) is 13.0. The maximum Gasteiger partial charge on any atom is 0.235 e. The molecule has 25 heavy (non-hydrogen) atoms. The molecule has 1 N–H and O–H groups in total. The zero-order valence-electron chi connectivity index (χ0n) is 14.1. The minimum atomic E-state index is -0.647. The van der Waals surface area contributed by atoms with Crippen molar-refractivity contribution in [3.05, 3.63) is 52.8 Å². The number of rotatable bonds is 5. The molecule has 0 bridgehead atoms. The van der Waals surface area contributed by atoms with Crippen LogP contribution in [0.5, 0.6) is 11.5 Å². The predicted molar refractivity (Wildman–Crippen MR) is 95.1 cm³/mol. The van der Waals surface area contributed by atoms with Crippen molar-refractivity contribution in [3.8, 4) is 11.5 Å². The second-order valence-electron chi connectivity index (χ2n) is 6.08. The molecule has 2 aromatic carbocycles. The number of hydrogen-bond donors (Lipinski definition) is 1. The van der Waals surface area contributed by atoms with E-state index >= 15 is 0 Å². The van der Waals surface area contributed by atoms with Gasteiger partial charge in [-0.05, 0) is 30.5 Å². The van der Waals surface area contributed by atoms with Gasteiger partial charge in [0.1, 0.15) is 17.3 Å². The molecule has 0 radical (unpaired) electrons. The van der Waals surface area contributed by atoms with Gasteiger partial charge in [-0.3, -0.25) is 4.79 Å². The highest BCUT2D eigenvalue weighted by atomic mass is 35.5. The highest BCUT2D eigenvalue weighted by Crippen LogP contribution is 2.45. The van der Waals surface area contributed by atoms with Gasteiger partial charge in [0.15, 0.2) is 0 Å². The van der Waals surface area contributed by atoms with Crippen molar-refractivity contribution < 1.29 is 18.7 Å². The van der Waals surface area contributed by atoms with E-state index in [9.17, 15) is 9.18 Å². The molecule has 0 unspecified atom stereocenters. The van der Waals surface area contributed by atoms with Crippen LogP contribution >= 0.6 is 11.6 Å². The summed E-state index contributed by atoms with van der Waals surface area (Å²) < 4.78 is 23.7. The first-order valence-corrected chi connectivity index (χ1v) is 8.37. The topological polar surface area (TPSA) is 47.6 Å². The van der Waals surface area contributed by atoms with Crippen LogP contribution in [0.25, 0.3) is 0 Å². The standard InChI is InChI=1S/C19H19ClFNO3/c1-24-16-11-15(17(25-2)10-14(16)20)22-18(23)19(8-3-9-19)12-4-6-13(21)7-5-12/h4-7,10-11H,3,8-9H2,1-2H3,(H,22,23). The molecule has 0 aliphatic heterocycles. The first kappa shape index (κ1) is 17.5. The third-order valence-corrected chi connectivity index (χ3v) is 5.06. The Labute approximate surface area is 150 Å². The second kappa shape index (κ2) is 6.92. The normalized spacial score (nSPS) is 15.2. The first-order chi connectivity index (χ1) is 12.0. The molecule has 0 spiro atoms. The minimum absolute atomic E-state index is 0.145. The van der Waals surface area contributed by atoms with Gasteiger partial charge >= 0.3 is 0 Å². The number of halogens is 2. The fourth-order valence-electron chi connectivity index (χ4n) is 3.15. The van der Waals surface area contributed by atoms with Gasteiger partial charge in [0.05, 0.1) is 30.3 Å². The van der Waals surface area contributed by atoms with Gasteiger partial charge < -0.3 is 14.8 Å². The van der Waals surface area contributed by atoms with Crippen molar-refractivity contribution >= 4 is 23.2 Å². The zero-order valence-corrected chi connectivity index (χ0v) is 14.8. The molecule has 1 amide bonds. The van der Waals surface area contributed by atoms with Gasteiger partial charge in [0, 0.05) is 12.1 Å². The van der Waals surface area contributed by atoms with E-state index in [1.54, 1.807) is 24.3 Å². The number of hydrogen-bond acceptors (Lipinski definition) is 3. The average molecular weight is 364 g/mol. The Bertz CT molecular complexity index is 788. The number of methoxy groups -OCH3 is 2. The number of ether oxygens (including phenoxy) is 2. The van der Waals surface area contributed by atoms with Gasteiger partial charge in [-0.2, -0.15) is 0 Å². The summed E-state index contributed by atoms with van der Waals surface area (Å²) in [7, 11) is 3.01. The highest BCUT2D eigenvalue weighted by molar-refractivity contribution is 6.32. The number of anilines is 1. The van der Waals surface area contributed by atoms with Crippen molar-refractivity contribution in [2.45, 2.75) is 24.7 Å². The molecule has 0 aromatic heterocycles. The number of benzene rings is 2. The molecule has 4 nitrogen and oxygen atoms in total. The molecule has 0 heterocycles. The lowest BCUT2D eigenvalue weighted by atomic mass is 9.64. The van der Waals surface area contributed by atoms with Gasteiger partial charge in [-0.15, -0.1) is 0 Å². The molecule has 0 atom stereocenters. The smallest absolute Gasteiger partial charge is 0.235 e. The second-order valence-corrected chi connectivity index (χ2v) is 6.49. The van der Waals surface area contributed by atoms with Crippen molar-refractivity contribution in [1.29, 1.82) is 0 Å². The fraction of sp³-hybridized carbons (Fsp3) is 0.316. The Morgan fingerprint density at radius 1 is 1.12 bits per heavy atom. The SMILES string of the molecule is COc1cc(NC(=O)C2(c3ccc(F)cc3)CCC2)c(OC)cc1Cl. The summed E-state index contributed by atoms with van der Waals surface area (Å²) in [6.45, 7) is 0. The Hall–Kier alpha value is -2.27. The summed E-state index contributed by atoms with van der Waals surface area (Å²) in [5.74, 6) is 0.436. The zero-order chi connectivity index (χ0) is 18.0. The van der Waals surface area contributed by atoms with Crippen LogP contribution in [0.4, 0.5) is 10.1 Å². The fourth-order valence-corrected chi connectivity index (χ4v) is 3.38. The minimum Gasteiger partial charge on any atom is -0.495 e. The third kappa shape index (κ3) is 3.16. The largest absolute Gasteiger partial charge is 0.495 e. The summed E-state index contributed by atoms with van der Waals surface area (Å²) >= 11 is 6.10. The summed E-state index contributed by atoms with van der Waals surface area (Å²) in [6, 6.07) is 9.35. The van der Waals surface area contributed by atoms with Crippen LogP contribution in [0.15, 0.2) is 36.4 Å². The molecule has 6 heteroatoms. The lowest BCUT2D eigenvalue weighted by Gasteiger charge is -2.40. The van der Waals surface area contributed by atoms with Crippen LogP contribution in [0.1, 0.15) is 24.8 Å². The number of nitrogens with one attached hydrogen (secondary N) is 1. The molecule has 1 fully saturated rings. The molecule has 3 rings (SSSR count). The van der Waals surface area contributed by atoms with Gasteiger partial charge in [0.2, 0.25) is 5.91 Å². The van der Waals surface area contributed by atoms with E-state index in [1.165, 1.54) is 26.4 Å². The summed E-state index contributed by atoms with van der Waals surface area (Å²) in [5.41, 5.74) is 0.658. The molecule has 2 aromatic rings. The maximum atomic E-state index is 13.2. The van der Waals surface area contributed by atoms with Crippen molar-refractivity contribution in [1.82, 2.24) is 0 Å². The molecular formula is C19H19ClFNO3. The first-order valence-electron chi connectivity index (χ1n) is 7.99. The van der Waals surface area contributed by atoms with E-state index in [4.69, 9.17) is 21.1 Å². The Morgan fingerprint density at radius 2 is 1.76 bits per heavy atom. The van der Waals surface area contributed by atoms with E-state index in [2.05, 4.69) is 5.32 Å². The number of carbonyl (C=O) groups excluding carboxylic acids is 1. The van der Waals surface area contributed by atoms with Crippen molar-refractivity contribution in [2.24, 2.45) is 0 Å². The van der Waals surface area contributed by atoms with Gasteiger partial charge in [0.25, 0.3) is 0 Å². The van der Waals surface area contributed by atoms with Crippen LogP contribution in [0.3, 0.4) is 0 Å². The maximum absolute atomic E-state index is 13.2. The summed E-state index contributed by atoms with van der Waals surface area (Å²) in [6.07, 6.45) is 2.39. The van der Waals surface area contributed by atoms with Crippen molar-refractivity contribution in [3.63, 3.8) is 0 Å². The van der Waals surface area contributed by atoms with Crippen LogP contribution in [0, 0.1) is 5.82 Å².